The van der Waals surface area contributed by atoms with Gasteiger partial charge >= 0.3 is 5.97 Å². The lowest BCUT2D eigenvalue weighted by Crippen LogP contribution is -2.72. The molecule has 1 saturated heterocycles. The third-order valence-electron chi connectivity index (χ3n) is 30.0. The van der Waals surface area contributed by atoms with Crippen molar-refractivity contribution in [1.82, 2.24) is 30.2 Å². The van der Waals surface area contributed by atoms with Crippen LogP contribution in [0.4, 0.5) is 0 Å². The van der Waals surface area contributed by atoms with Crippen molar-refractivity contribution >= 4 is 46.6 Å². The average Bonchev–Trinajstić information content (AvgIpc) is 1.54. The summed E-state index contributed by atoms with van der Waals surface area (Å²) in [4.78, 5) is 91.3. The molecule has 131 heavy (non-hydrogen) atoms. The monoisotopic (exact) mass is 1790 g/mol. The van der Waals surface area contributed by atoms with Gasteiger partial charge in [-0.05, 0) is 231 Å². The maximum atomic E-state index is 15.5. The Bertz CT molecular complexity index is 6130. The van der Waals surface area contributed by atoms with Crippen LogP contribution in [0.25, 0.3) is 0 Å². The van der Waals surface area contributed by atoms with E-state index in [-0.39, 0.29) is 121 Å². The first kappa shape index (κ1) is 92.6. The summed E-state index contributed by atoms with van der Waals surface area (Å²) in [6.07, 6.45) is 2.33. The highest BCUT2D eigenvalue weighted by Gasteiger charge is 2.74. The van der Waals surface area contributed by atoms with E-state index >= 15 is 4.79 Å². The molecule has 11 aromatic rings. The lowest BCUT2D eigenvalue weighted by Gasteiger charge is -2.60. The Morgan fingerprint density at radius 2 is 0.840 bits per heavy atom. The van der Waals surface area contributed by atoms with E-state index in [0.29, 0.717) is 60.6 Å². The zero-order valence-electron chi connectivity index (χ0n) is 76.5. The number of hydrogen-bond donors (Lipinski definition) is 2. The minimum absolute atomic E-state index is 0. The number of Topliss-reactive ketones (excluding diaryl/α,β-unsaturated/α-hetero) is 5. The molecule has 0 spiro atoms. The van der Waals surface area contributed by atoms with Crippen LogP contribution in [0.3, 0.4) is 0 Å². The van der Waals surface area contributed by atoms with Gasteiger partial charge in [0.05, 0.1) is 28.3 Å². The molecule has 8 aliphatic carbocycles. The highest BCUT2D eigenvalue weighted by molar-refractivity contribution is 8.01. The van der Waals surface area contributed by atoms with Gasteiger partial charge in [-0.3, -0.25) is 43.5 Å². The highest BCUT2D eigenvalue weighted by atomic mass is 32.2. The molecule has 19 atom stereocenters. The second kappa shape index (κ2) is 36.8. The van der Waals surface area contributed by atoms with E-state index in [1.54, 1.807) is 13.0 Å². The van der Waals surface area contributed by atoms with Crippen molar-refractivity contribution in [1.29, 1.82) is 0 Å². The fourth-order valence-corrected chi connectivity index (χ4v) is 24.7. The number of benzene rings is 8. The number of ketones is 5. The maximum absolute atomic E-state index is 15.5. The summed E-state index contributed by atoms with van der Waals surface area (Å²) < 4.78 is 46.1. The van der Waals surface area contributed by atoms with E-state index in [0.717, 1.165) is 38.5 Å². The van der Waals surface area contributed by atoms with Crippen LogP contribution in [-0.4, -0.2) is 140 Å². The lowest BCUT2D eigenvalue weighted by atomic mass is 9.49. The molecular formula is C108H118N6O16S. The van der Waals surface area contributed by atoms with Crippen molar-refractivity contribution in [3.8, 4) is 23.4 Å². The Morgan fingerprint density at radius 1 is 0.427 bits per heavy atom. The Labute approximate surface area is 770 Å². The third-order valence-corrected chi connectivity index (χ3v) is 31.6. The number of aromatic nitrogens is 3. The first-order valence-electron chi connectivity index (χ1n) is 45.1. The van der Waals surface area contributed by atoms with E-state index < -0.39 is 74.5 Å². The number of rotatable bonds is 17. The number of fused-ring (bicyclic) bond motifs is 11. The number of hydrogen-bond acceptors (Lipinski definition) is 23. The van der Waals surface area contributed by atoms with Crippen molar-refractivity contribution in [2.45, 2.75) is 203 Å². The first-order valence-corrected chi connectivity index (χ1v) is 46.0. The Hall–Kier alpha value is -11.7. The van der Waals surface area contributed by atoms with Crippen molar-refractivity contribution in [2.75, 3.05) is 42.3 Å². The van der Waals surface area contributed by atoms with Crippen LogP contribution in [0.1, 0.15) is 251 Å². The van der Waals surface area contributed by atoms with Gasteiger partial charge in [0.15, 0.2) is 46.2 Å². The number of aliphatic hydroxyl groups is 2. The van der Waals surface area contributed by atoms with Crippen LogP contribution in [0.15, 0.2) is 236 Å². The molecule has 8 aromatic carbocycles. The molecule has 1 saturated carbocycles. The van der Waals surface area contributed by atoms with Crippen LogP contribution < -0.4 is 18.9 Å². The summed E-state index contributed by atoms with van der Waals surface area (Å²) in [6, 6.07) is 66.7. The van der Waals surface area contributed by atoms with Gasteiger partial charge in [-0.15, -0.1) is 11.8 Å². The number of aryl methyl sites for hydroxylation is 2. The molecule has 0 unspecified atom stereocenters. The van der Waals surface area contributed by atoms with Gasteiger partial charge < -0.3 is 47.5 Å². The number of esters is 1. The molecule has 9 aliphatic rings. The zero-order chi connectivity index (χ0) is 91.9. The summed E-state index contributed by atoms with van der Waals surface area (Å²) in [7, 11) is 11.3. The topological polar surface area (TPSA) is 277 Å². The van der Waals surface area contributed by atoms with Crippen molar-refractivity contribution in [3.05, 3.63) is 319 Å². The largest absolute Gasteiger partial charge is 0.489 e. The molecule has 22 nitrogen and oxygen atoms in total. The van der Waals surface area contributed by atoms with Crippen LogP contribution in [0, 0.1) is 48.9 Å². The number of carbonyl (C=O) groups is 6. The molecular weight excluding hydrogens is 1670 g/mol. The standard InChI is InChI=1S/C37H38N2O5S.C32H36N2O5.C21H22N2O5.C17H18O.CH4/c1-21-13-12-18-26-22(2)27-19-28-31(39(4)5)32-30(34(38-44-32)43-20-24-14-8-6-9-15-24)33(40)36(28,42)35(41)37(27,23(3)29(21)26)45-25-16-10-7-11-17-25;1-17-11-10-14-21-18(2)23-15-22-26(34(5)6)29-25(30(33-39-29)37-16-20-12-8-7-9-13-20)27(35)28(22)38-31(36)32(23,4)19(3)24(17)21;1-12-9-10-14-16(23(2)3)17-15(19(25)21(14,26)18(12)24)20(22-28-17)27-11-13-7-5-4-6-8-13;1-12-13(2)17-15(12)9-6-10-16(17)18-11-14-7-4-3-5-8-14;/h6-18,22-23,27-28,31,42H,19-20H2,1-5H3;7-14,18-19,22-23,26,28H,15-16H2,1-6H3;4-9,14,16,26H,10-11H2,1-3H3;3-10,12-13H,11H2,1-2H3;1H4/t22-,23+,27-,28-,31-,36+,37-;18-,19+,22-,23-,26-,28+,32+;14-,16-,21-;12-,13-;/m0001./s1. The van der Waals surface area contributed by atoms with Crippen LogP contribution in [-0.2, 0) is 45.5 Å². The minimum atomic E-state index is -2.30. The molecule has 23 heteroatoms. The Morgan fingerprint density at radius 3 is 1.32 bits per heavy atom. The predicted molar refractivity (Wildman–Crippen MR) is 499 cm³/mol. The van der Waals surface area contributed by atoms with Gasteiger partial charge in [-0.25, -0.2) is 0 Å². The van der Waals surface area contributed by atoms with E-state index in [1.165, 1.54) is 50.7 Å². The SMILES string of the molecule is C.CC1=CC[C@H]2[C@H](N(C)C)c3onc(OCc4ccccc4)c3C(=O)[C@@]2(O)C1=O.C[C@H]1c2cccc(OCc3ccccc3)c2[C@@H]1C.Cc1cccc2c1[C@@H](C)[C@@]1(C)C(=O)O[C@H]3C(=O)c4c(OCc5ccccc5)noc4[C@@H](N(C)C)[C@@H]3C[C@H]1[C@H]2C.Cc1cccc2c1[C@@H](C)[C@@]1(Sc3ccccc3)C(=O)[C@]3(O)C(=O)c4c(OCc5ccccc5)noc4[C@@H](N(C)C)[C@@H]3C[C@H]1[C@H]2C. The van der Waals surface area contributed by atoms with E-state index in [9.17, 15) is 34.2 Å². The van der Waals surface area contributed by atoms with Gasteiger partial charge in [0.1, 0.15) is 48.9 Å². The van der Waals surface area contributed by atoms with Gasteiger partial charge in [0, 0.05) is 34.1 Å². The average molecular weight is 1790 g/mol. The Kier molecular flexibility index (Phi) is 26.0. The molecule has 2 fully saturated rings. The van der Waals surface area contributed by atoms with E-state index in [2.05, 4.69) is 138 Å². The summed E-state index contributed by atoms with van der Waals surface area (Å²) in [6.45, 7) is 22.3. The van der Waals surface area contributed by atoms with Gasteiger partial charge in [-0.1, -0.05) is 243 Å². The predicted octanol–water partition coefficient (Wildman–Crippen LogP) is 20.0. The molecule has 20 rings (SSSR count). The zero-order valence-corrected chi connectivity index (χ0v) is 77.3. The van der Waals surface area contributed by atoms with Crippen molar-refractivity contribution in [2.24, 2.45) is 35.0 Å². The highest BCUT2D eigenvalue weighted by Crippen LogP contribution is 2.68. The first-order chi connectivity index (χ1) is 62.4. The van der Waals surface area contributed by atoms with Gasteiger partial charge in [0.2, 0.25) is 17.3 Å². The van der Waals surface area contributed by atoms with E-state index in [1.807, 2.05) is 203 Å². The summed E-state index contributed by atoms with van der Waals surface area (Å²) >= 11 is 1.50. The molecule has 1 aliphatic heterocycles. The molecule has 4 heterocycles. The quantitative estimate of drug-likeness (QED) is 0.0633. The van der Waals surface area contributed by atoms with Crippen LogP contribution in [0.2, 0.25) is 0 Å². The lowest BCUT2D eigenvalue weighted by molar-refractivity contribution is -0.163. The van der Waals surface area contributed by atoms with Gasteiger partial charge in [-0.2, -0.15) is 0 Å². The molecule has 2 N–H and O–H groups in total. The second-order valence-corrected chi connectivity index (χ2v) is 39.1. The van der Waals surface area contributed by atoms with E-state index in [4.69, 9.17) is 37.3 Å². The smallest absolute Gasteiger partial charge is 0.313 e. The Balaban J connectivity index is 0.000000133. The second-order valence-electron chi connectivity index (χ2n) is 37.7. The van der Waals surface area contributed by atoms with Crippen LogP contribution in [0.5, 0.6) is 23.4 Å². The fraction of sp³-hybridized carbons (Fsp3) is 0.398. The molecule has 0 bridgehead atoms. The van der Waals surface area contributed by atoms with Gasteiger partial charge in [0.25, 0.3) is 17.6 Å². The molecule has 0 amide bonds. The summed E-state index contributed by atoms with van der Waals surface area (Å²) in [5, 5.41) is 36.5. The van der Waals surface area contributed by atoms with Crippen LogP contribution >= 0.6 is 11.8 Å². The molecule has 0 radical (unpaired) electrons. The number of allylic oxidation sites excluding steroid dienone is 1. The number of ether oxygens (including phenoxy) is 5. The minimum Gasteiger partial charge on any atom is -0.489 e. The number of carbonyl (C=O) groups excluding carboxylic acids is 6. The number of nitrogens with zero attached hydrogens (tertiary/aromatic N) is 6. The third kappa shape index (κ3) is 15.7. The van der Waals surface area contributed by atoms with Crippen molar-refractivity contribution in [3.63, 3.8) is 0 Å². The fourth-order valence-electron chi connectivity index (χ4n) is 23.0. The molecule has 682 valence electrons. The van der Waals surface area contributed by atoms with Crippen molar-refractivity contribution < 1.29 is 76.2 Å². The molecule has 3 aromatic heterocycles. The summed E-state index contributed by atoms with van der Waals surface area (Å²) in [5.41, 5.74) is 9.58. The maximum Gasteiger partial charge on any atom is 0.313 e. The number of thioether (sulfide) groups is 1. The normalized spacial score (nSPS) is 28.4. The summed E-state index contributed by atoms with van der Waals surface area (Å²) in [5.74, 6) is -1.29.